The maximum absolute atomic E-state index is 11.9. The Morgan fingerprint density at radius 2 is 2.05 bits per heavy atom. The minimum absolute atomic E-state index is 0.277. The number of hydrogen-bond donors (Lipinski definition) is 2. The van der Waals surface area contributed by atoms with E-state index in [0.29, 0.717) is 0 Å². The summed E-state index contributed by atoms with van der Waals surface area (Å²) in [5.74, 6) is 1.86. The van der Waals surface area contributed by atoms with Crippen molar-refractivity contribution in [2.24, 2.45) is 5.73 Å². The van der Waals surface area contributed by atoms with Crippen molar-refractivity contribution in [2.45, 2.75) is 50.4 Å². The maximum Gasteiger partial charge on any atom is 0.410 e. The molecule has 2 saturated heterocycles. The molecule has 2 heterocycles. The van der Waals surface area contributed by atoms with Crippen LogP contribution in [0.2, 0.25) is 0 Å². The van der Waals surface area contributed by atoms with Gasteiger partial charge in [0.1, 0.15) is 11.2 Å². The summed E-state index contributed by atoms with van der Waals surface area (Å²) in [5.41, 5.74) is 4.29. The lowest BCUT2D eigenvalue weighted by molar-refractivity contribution is -0.138. The molecule has 2 fully saturated rings. The minimum atomic E-state index is -0.961. The summed E-state index contributed by atoms with van der Waals surface area (Å²) in [6.45, 7) is 6.05. The maximum atomic E-state index is 11.9. The van der Waals surface area contributed by atoms with Gasteiger partial charge in [0.2, 0.25) is 0 Å². The van der Waals surface area contributed by atoms with E-state index in [2.05, 4.69) is 0 Å². The molecule has 0 bridgehead atoms. The van der Waals surface area contributed by atoms with Crippen molar-refractivity contribution < 1.29 is 14.6 Å². The molecule has 0 aromatic heterocycles. The molecule has 2 aliphatic rings. The van der Waals surface area contributed by atoms with E-state index in [9.17, 15) is 9.90 Å². The van der Waals surface area contributed by atoms with Crippen molar-refractivity contribution in [3.05, 3.63) is 0 Å². The number of aliphatic hydroxyl groups is 1. The van der Waals surface area contributed by atoms with Crippen LogP contribution in [0.3, 0.4) is 0 Å². The fourth-order valence-corrected chi connectivity index (χ4v) is 3.81. The van der Waals surface area contributed by atoms with Gasteiger partial charge >= 0.3 is 6.09 Å². The zero-order chi connectivity index (χ0) is 14.3. The van der Waals surface area contributed by atoms with Gasteiger partial charge in [-0.3, -0.25) is 0 Å². The van der Waals surface area contributed by atoms with E-state index in [1.807, 2.05) is 20.8 Å². The average Bonchev–Trinajstić information content (AvgIpc) is 2.23. The van der Waals surface area contributed by atoms with Gasteiger partial charge in [-0.15, -0.1) is 0 Å². The first-order chi connectivity index (χ1) is 8.65. The van der Waals surface area contributed by atoms with Crippen LogP contribution in [0.15, 0.2) is 0 Å². The lowest BCUT2D eigenvalue weighted by Gasteiger charge is -2.56. The number of β-amino-alcohol motifs (C(OH)–C–C–N with tert-alkyl or cyclic N) is 1. The van der Waals surface area contributed by atoms with E-state index in [4.69, 9.17) is 10.5 Å². The van der Waals surface area contributed by atoms with Gasteiger partial charge in [-0.05, 0) is 39.4 Å². The molecule has 6 heteroatoms. The van der Waals surface area contributed by atoms with Crippen LogP contribution in [-0.4, -0.2) is 57.4 Å². The van der Waals surface area contributed by atoms with Crippen LogP contribution in [0.5, 0.6) is 0 Å². The Bertz CT molecular complexity index is 355. The molecule has 1 atom stereocenters. The molecule has 5 nitrogen and oxygen atoms in total. The molecule has 0 aromatic rings. The molecule has 19 heavy (non-hydrogen) atoms. The van der Waals surface area contributed by atoms with Crippen molar-refractivity contribution in [3.63, 3.8) is 0 Å². The van der Waals surface area contributed by atoms with E-state index in [1.54, 1.807) is 11.8 Å². The third-order valence-electron chi connectivity index (χ3n) is 3.75. The summed E-state index contributed by atoms with van der Waals surface area (Å²) in [5, 5.41) is 10.6. The van der Waals surface area contributed by atoms with E-state index < -0.39 is 16.7 Å². The number of thioether (sulfide) groups is 1. The lowest BCUT2D eigenvalue weighted by Crippen LogP contribution is -2.78. The van der Waals surface area contributed by atoms with Crippen LogP contribution in [0.4, 0.5) is 4.79 Å². The van der Waals surface area contributed by atoms with Crippen LogP contribution < -0.4 is 5.73 Å². The Labute approximate surface area is 118 Å². The highest BCUT2D eigenvalue weighted by molar-refractivity contribution is 7.99. The molecule has 1 amide bonds. The summed E-state index contributed by atoms with van der Waals surface area (Å²) in [6.07, 6.45) is 1.47. The van der Waals surface area contributed by atoms with Crippen LogP contribution in [-0.2, 0) is 4.74 Å². The standard InChI is InChI=1S/C13H24N2O3S/c1-11(2,3)18-10(16)15-7-13(17,8-15)12(14)5-4-6-19-9-12/h17H,4-9,14H2,1-3H3. The van der Waals surface area contributed by atoms with Crippen molar-refractivity contribution in [1.82, 2.24) is 4.90 Å². The predicted octanol–water partition coefficient (Wildman–Crippen LogP) is 1.19. The second-order valence-corrected chi connectivity index (χ2v) is 7.79. The van der Waals surface area contributed by atoms with Crippen LogP contribution in [0.1, 0.15) is 33.6 Å². The number of carbonyl (C=O) groups excluding carboxylic acids is 1. The molecule has 2 rings (SSSR count). The SMILES string of the molecule is CC(C)(C)OC(=O)N1CC(O)(C2(N)CCCSC2)C1. The molecular weight excluding hydrogens is 264 g/mol. The first kappa shape index (κ1) is 14.9. The third kappa shape index (κ3) is 3.01. The van der Waals surface area contributed by atoms with Gasteiger partial charge in [-0.1, -0.05) is 0 Å². The molecule has 0 spiro atoms. The molecule has 1 unspecified atom stereocenters. The highest BCUT2D eigenvalue weighted by Gasteiger charge is 2.57. The molecular formula is C13H24N2O3S. The lowest BCUT2D eigenvalue weighted by atomic mass is 9.73. The second kappa shape index (κ2) is 4.82. The van der Waals surface area contributed by atoms with Gasteiger partial charge < -0.3 is 20.5 Å². The fourth-order valence-electron chi connectivity index (χ4n) is 2.54. The van der Waals surface area contributed by atoms with Crippen molar-refractivity contribution >= 4 is 17.9 Å². The number of nitrogens with two attached hydrogens (primary N) is 1. The Morgan fingerprint density at radius 3 is 2.53 bits per heavy atom. The summed E-state index contributed by atoms with van der Waals surface area (Å²) in [7, 11) is 0. The summed E-state index contributed by atoms with van der Waals surface area (Å²) in [4.78, 5) is 13.4. The smallest absolute Gasteiger partial charge is 0.410 e. The highest BCUT2D eigenvalue weighted by Crippen LogP contribution is 2.39. The molecule has 0 saturated carbocycles. The number of amides is 1. The number of carbonyl (C=O) groups is 1. The van der Waals surface area contributed by atoms with Crippen LogP contribution in [0.25, 0.3) is 0 Å². The quantitative estimate of drug-likeness (QED) is 0.758. The number of rotatable bonds is 1. The average molecular weight is 288 g/mol. The zero-order valence-electron chi connectivity index (χ0n) is 11.9. The van der Waals surface area contributed by atoms with Gasteiger partial charge in [0.05, 0.1) is 18.6 Å². The Hall–Kier alpha value is -0.460. The first-order valence-electron chi connectivity index (χ1n) is 6.72. The van der Waals surface area contributed by atoms with Crippen molar-refractivity contribution in [3.8, 4) is 0 Å². The van der Waals surface area contributed by atoms with Crippen molar-refractivity contribution in [2.75, 3.05) is 24.6 Å². The van der Waals surface area contributed by atoms with Crippen molar-refractivity contribution in [1.29, 1.82) is 0 Å². The summed E-state index contributed by atoms with van der Waals surface area (Å²) >= 11 is 1.78. The molecule has 0 aliphatic carbocycles. The van der Waals surface area contributed by atoms with Gasteiger partial charge in [0.25, 0.3) is 0 Å². The molecule has 2 aliphatic heterocycles. The van der Waals surface area contributed by atoms with Gasteiger partial charge in [0, 0.05) is 5.75 Å². The number of nitrogens with zero attached hydrogens (tertiary/aromatic N) is 1. The van der Waals surface area contributed by atoms with Crippen LogP contribution in [0, 0.1) is 0 Å². The summed E-state index contributed by atoms with van der Waals surface area (Å²) in [6, 6.07) is 0. The fraction of sp³-hybridized carbons (Fsp3) is 0.923. The van der Waals surface area contributed by atoms with Gasteiger partial charge in [0.15, 0.2) is 0 Å². The Kier molecular flexibility index (Phi) is 3.79. The molecule has 0 aromatic carbocycles. The molecule has 3 N–H and O–H groups in total. The first-order valence-corrected chi connectivity index (χ1v) is 7.88. The van der Waals surface area contributed by atoms with Gasteiger partial charge in [-0.2, -0.15) is 11.8 Å². The van der Waals surface area contributed by atoms with E-state index in [0.717, 1.165) is 24.3 Å². The Balaban J connectivity index is 1.92. The van der Waals surface area contributed by atoms with E-state index >= 15 is 0 Å². The second-order valence-electron chi connectivity index (χ2n) is 6.68. The topological polar surface area (TPSA) is 75.8 Å². The molecule has 110 valence electrons. The molecule has 0 radical (unpaired) electrons. The number of ether oxygens (including phenoxy) is 1. The highest BCUT2D eigenvalue weighted by atomic mass is 32.2. The Morgan fingerprint density at radius 1 is 1.42 bits per heavy atom. The number of hydrogen-bond acceptors (Lipinski definition) is 5. The van der Waals surface area contributed by atoms with E-state index in [-0.39, 0.29) is 19.2 Å². The largest absolute Gasteiger partial charge is 0.444 e. The minimum Gasteiger partial charge on any atom is -0.444 e. The predicted molar refractivity (Wildman–Crippen MR) is 76.2 cm³/mol. The number of likely N-dealkylation sites (tertiary alicyclic amines) is 1. The normalized spacial score (nSPS) is 30.7. The summed E-state index contributed by atoms with van der Waals surface area (Å²) < 4.78 is 5.29. The monoisotopic (exact) mass is 288 g/mol. The van der Waals surface area contributed by atoms with E-state index in [1.165, 1.54) is 4.90 Å². The van der Waals surface area contributed by atoms with Gasteiger partial charge in [-0.25, -0.2) is 4.79 Å². The third-order valence-corrected chi connectivity index (χ3v) is 5.05. The van der Waals surface area contributed by atoms with Crippen LogP contribution >= 0.6 is 11.8 Å². The zero-order valence-corrected chi connectivity index (χ0v) is 12.8.